The smallest absolute Gasteiger partial charge is 0.244 e. The number of carbonyl (C=O) groups is 3. The molecule has 0 aromatic heterocycles. The topological polar surface area (TPSA) is 104 Å². The van der Waals surface area contributed by atoms with Crippen LogP contribution in [0, 0.1) is 0 Å². The molecule has 36 heavy (non-hydrogen) atoms. The van der Waals surface area contributed by atoms with Crippen LogP contribution in [0.2, 0.25) is 5.02 Å². The first-order valence-electron chi connectivity index (χ1n) is 11.9. The van der Waals surface area contributed by atoms with Gasteiger partial charge in [-0.25, -0.2) is 8.42 Å². The number of benzene rings is 2. The number of ketones is 1. The number of Topliss-reactive ketones (excluding diaryl/α,β-unsaturated/α-hetero) is 1. The van der Waals surface area contributed by atoms with Crippen molar-refractivity contribution in [3.63, 3.8) is 0 Å². The third kappa shape index (κ3) is 8.34. The van der Waals surface area contributed by atoms with Crippen LogP contribution in [0.4, 0.5) is 5.69 Å². The number of anilines is 1. The lowest BCUT2D eigenvalue weighted by Gasteiger charge is -2.33. The maximum Gasteiger partial charge on any atom is 0.244 e. The van der Waals surface area contributed by atoms with Crippen molar-refractivity contribution in [3.8, 4) is 0 Å². The lowest BCUT2D eigenvalue weighted by atomic mass is 10.1. The number of carbonyl (C=O) groups excluding carboxylic acids is 3. The lowest BCUT2D eigenvalue weighted by Crippen LogP contribution is -2.52. The molecule has 1 unspecified atom stereocenters. The van der Waals surface area contributed by atoms with Crippen LogP contribution in [0.3, 0.4) is 0 Å². The summed E-state index contributed by atoms with van der Waals surface area (Å²) in [6, 6.07) is 12.2. The van der Waals surface area contributed by atoms with Crippen LogP contribution in [0.5, 0.6) is 0 Å². The van der Waals surface area contributed by atoms with Gasteiger partial charge in [0.1, 0.15) is 12.6 Å². The standard InChI is InChI=1S/C26H34ClN3O5S/c1-5-7-15-28-26(33)24(6-2)29(17-20-11-13-22(27)14-12-20)25(32)18-30(36(4,34)35)23-10-8-9-21(16-23)19(3)31/h8-14,16,24H,5-7,15,17-18H2,1-4H3,(H,28,33). The summed E-state index contributed by atoms with van der Waals surface area (Å²) in [5.74, 6) is -1.06. The van der Waals surface area contributed by atoms with E-state index >= 15 is 0 Å². The van der Waals surface area contributed by atoms with E-state index in [1.54, 1.807) is 43.3 Å². The van der Waals surface area contributed by atoms with Gasteiger partial charge in [-0.1, -0.05) is 56.1 Å². The van der Waals surface area contributed by atoms with Crippen LogP contribution >= 0.6 is 11.6 Å². The molecule has 0 aliphatic carbocycles. The minimum atomic E-state index is -3.88. The fraction of sp³-hybridized carbons (Fsp3) is 0.423. The molecule has 0 radical (unpaired) electrons. The zero-order chi connectivity index (χ0) is 26.9. The number of unbranched alkanes of at least 4 members (excludes halogenated alkanes) is 1. The molecule has 1 N–H and O–H groups in total. The second-order valence-electron chi connectivity index (χ2n) is 8.59. The average Bonchev–Trinajstić information content (AvgIpc) is 2.83. The Bertz CT molecular complexity index is 1170. The minimum absolute atomic E-state index is 0.0980. The van der Waals surface area contributed by atoms with Gasteiger partial charge in [-0.15, -0.1) is 0 Å². The lowest BCUT2D eigenvalue weighted by molar-refractivity contribution is -0.140. The van der Waals surface area contributed by atoms with E-state index < -0.39 is 28.5 Å². The molecule has 0 aliphatic rings. The minimum Gasteiger partial charge on any atom is -0.354 e. The number of hydrogen-bond acceptors (Lipinski definition) is 5. The predicted molar refractivity (Wildman–Crippen MR) is 143 cm³/mol. The van der Waals surface area contributed by atoms with Crippen LogP contribution in [-0.4, -0.2) is 56.3 Å². The van der Waals surface area contributed by atoms with Crippen LogP contribution in [-0.2, 0) is 26.2 Å². The van der Waals surface area contributed by atoms with Gasteiger partial charge >= 0.3 is 0 Å². The van der Waals surface area contributed by atoms with Crippen molar-refractivity contribution in [1.82, 2.24) is 10.2 Å². The first-order chi connectivity index (χ1) is 17.0. The summed E-state index contributed by atoms with van der Waals surface area (Å²) < 4.78 is 26.3. The van der Waals surface area contributed by atoms with E-state index in [0.29, 0.717) is 23.6 Å². The number of hydrogen-bond donors (Lipinski definition) is 1. The number of sulfonamides is 1. The van der Waals surface area contributed by atoms with Gasteiger partial charge in [-0.3, -0.25) is 18.7 Å². The molecular formula is C26H34ClN3O5S. The molecule has 0 aliphatic heterocycles. The zero-order valence-corrected chi connectivity index (χ0v) is 22.7. The van der Waals surface area contributed by atoms with Crippen LogP contribution < -0.4 is 9.62 Å². The number of nitrogens with one attached hydrogen (secondary N) is 1. The van der Waals surface area contributed by atoms with E-state index in [9.17, 15) is 22.8 Å². The van der Waals surface area contributed by atoms with E-state index in [4.69, 9.17) is 11.6 Å². The maximum atomic E-state index is 13.6. The Hall–Kier alpha value is -2.91. The van der Waals surface area contributed by atoms with Crippen molar-refractivity contribution in [3.05, 3.63) is 64.7 Å². The van der Waals surface area contributed by atoms with Crippen molar-refractivity contribution in [2.24, 2.45) is 0 Å². The molecule has 2 aromatic rings. The summed E-state index contributed by atoms with van der Waals surface area (Å²) in [7, 11) is -3.88. The Balaban J connectivity index is 2.43. The van der Waals surface area contributed by atoms with E-state index in [-0.39, 0.29) is 23.9 Å². The van der Waals surface area contributed by atoms with Gasteiger partial charge in [-0.05, 0) is 49.6 Å². The first-order valence-corrected chi connectivity index (χ1v) is 14.1. The largest absolute Gasteiger partial charge is 0.354 e. The molecule has 2 amide bonds. The van der Waals surface area contributed by atoms with Gasteiger partial charge < -0.3 is 10.2 Å². The molecule has 0 spiro atoms. The van der Waals surface area contributed by atoms with Crippen LogP contribution in [0.25, 0.3) is 0 Å². The third-order valence-corrected chi connectivity index (χ3v) is 7.09. The van der Waals surface area contributed by atoms with E-state index in [2.05, 4.69) is 5.32 Å². The second-order valence-corrected chi connectivity index (χ2v) is 10.9. The summed E-state index contributed by atoms with van der Waals surface area (Å²) in [5.41, 5.74) is 1.27. The Morgan fingerprint density at radius 2 is 1.72 bits per heavy atom. The van der Waals surface area contributed by atoms with Crippen molar-refractivity contribution in [2.45, 2.75) is 52.6 Å². The summed E-state index contributed by atoms with van der Waals surface area (Å²) in [6.45, 7) is 5.26. The Kier molecular flexibility index (Phi) is 10.9. The number of halogens is 1. The Morgan fingerprint density at radius 1 is 1.06 bits per heavy atom. The van der Waals surface area contributed by atoms with Crippen molar-refractivity contribution < 1.29 is 22.8 Å². The Labute approximate surface area is 218 Å². The van der Waals surface area contributed by atoms with Crippen LogP contribution in [0.15, 0.2) is 48.5 Å². The molecule has 10 heteroatoms. The van der Waals surface area contributed by atoms with Gasteiger partial charge in [0.15, 0.2) is 5.78 Å². The highest BCUT2D eigenvalue weighted by atomic mass is 35.5. The number of amides is 2. The third-order valence-electron chi connectivity index (χ3n) is 5.70. The zero-order valence-electron chi connectivity index (χ0n) is 21.2. The molecule has 0 heterocycles. The normalized spacial score (nSPS) is 12.0. The molecule has 8 nitrogen and oxygen atoms in total. The molecular weight excluding hydrogens is 502 g/mol. The molecule has 0 saturated carbocycles. The summed E-state index contributed by atoms with van der Waals surface area (Å²) in [5, 5.41) is 3.41. The average molecular weight is 536 g/mol. The molecule has 2 rings (SSSR count). The summed E-state index contributed by atoms with van der Waals surface area (Å²) in [6.07, 6.45) is 3.06. The summed E-state index contributed by atoms with van der Waals surface area (Å²) >= 11 is 6.00. The number of rotatable bonds is 13. The highest BCUT2D eigenvalue weighted by molar-refractivity contribution is 7.92. The molecule has 0 fully saturated rings. The maximum absolute atomic E-state index is 13.6. The van der Waals surface area contributed by atoms with Gasteiger partial charge in [0.25, 0.3) is 0 Å². The molecule has 196 valence electrons. The molecule has 1 atom stereocenters. The highest BCUT2D eigenvalue weighted by Gasteiger charge is 2.31. The van der Waals surface area contributed by atoms with Crippen molar-refractivity contribution in [2.75, 3.05) is 23.7 Å². The predicted octanol–water partition coefficient (Wildman–Crippen LogP) is 4.03. The first kappa shape index (κ1) is 29.3. The molecule has 0 bridgehead atoms. The van der Waals surface area contributed by atoms with E-state index in [1.807, 2.05) is 6.92 Å². The van der Waals surface area contributed by atoms with E-state index in [1.165, 1.54) is 24.0 Å². The molecule has 2 aromatic carbocycles. The Morgan fingerprint density at radius 3 is 2.28 bits per heavy atom. The SMILES string of the molecule is CCCCNC(=O)C(CC)N(Cc1ccc(Cl)cc1)C(=O)CN(c1cccc(C(C)=O)c1)S(C)(=O)=O. The van der Waals surface area contributed by atoms with Gasteiger partial charge in [-0.2, -0.15) is 0 Å². The fourth-order valence-electron chi connectivity index (χ4n) is 3.71. The highest BCUT2D eigenvalue weighted by Crippen LogP contribution is 2.22. The van der Waals surface area contributed by atoms with Crippen molar-refractivity contribution in [1.29, 1.82) is 0 Å². The van der Waals surface area contributed by atoms with Gasteiger partial charge in [0, 0.05) is 23.7 Å². The number of nitrogens with zero attached hydrogens (tertiary/aromatic N) is 2. The fourth-order valence-corrected chi connectivity index (χ4v) is 4.67. The van der Waals surface area contributed by atoms with Gasteiger partial charge in [0.2, 0.25) is 21.8 Å². The molecule has 0 saturated heterocycles. The van der Waals surface area contributed by atoms with Crippen LogP contribution in [0.1, 0.15) is 56.0 Å². The summed E-state index contributed by atoms with van der Waals surface area (Å²) in [4.78, 5) is 39.9. The second kappa shape index (κ2) is 13.4. The van der Waals surface area contributed by atoms with Gasteiger partial charge in [0.05, 0.1) is 11.9 Å². The van der Waals surface area contributed by atoms with Crippen molar-refractivity contribution >= 4 is 44.9 Å². The van der Waals surface area contributed by atoms with E-state index in [0.717, 1.165) is 29.0 Å². The quantitative estimate of drug-likeness (QED) is 0.308. The monoisotopic (exact) mass is 535 g/mol.